The predicted molar refractivity (Wildman–Crippen MR) is 68.9 cm³/mol. The maximum absolute atomic E-state index is 11.2. The molecule has 0 radical (unpaired) electrons. The van der Waals surface area contributed by atoms with E-state index in [1.165, 1.54) is 6.20 Å². The first kappa shape index (κ1) is 14.5. The van der Waals surface area contributed by atoms with Crippen molar-refractivity contribution in [3.05, 3.63) is 12.0 Å². The van der Waals surface area contributed by atoms with Crippen molar-refractivity contribution in [2.75, 3.05) is 0 Å². The van der Waals surface area contributed by atoms with Crippen LogP contribution in [0.3, 0.4) is 0 Å². The second-order valence-corrected chi connectivity index (χ2v) is 6.94. The number of halogens is 1. The summed E-state index contributed by atoms with van der Waals surface area (Å²) < 4.78 is 24.4. The second kappa shape index (κ2) is 5.87. The van der Waals surface area contributed by atoms with Crippen LogP contribution < -0.4 is 0 Å². The number of rotatable bonds is 6. The van der Waals surface area contributed by atoms with Gasteiger partial charge in [-0.25, -0.2) is 13.4 Å². The molecule has 0 saturated heterocycles. The van der Waals surface area contributed by atoms with Crippen LogP contribution in [0.25, 0.3) is 0 Å². The van der Waals surface area contributed by atoms with Gasteiger partial charge in [0.05, 0.1) is 0 Å². The highest BCUT2D eigenvalue weighted by molar-refractivity contribution is 8.13. The fraction of sp³-hybridized carbons (Fsp3) is 0.727. The van der Waals surface area contributed by atoms with Crippen LogP contribution in [0.2, 0.25) is 0 Å². The molecule has 17 heavy (non-hydrogen) atoms. The first-order valence-electron chi connectivity index (χ1n) is 5.88. The van der Waals surface area contributed by atoms with E-state index in [-0.39, 0.29) is 10.9 Å². The molecule has 0 bridgehead atoms. The fourth-order valence-electron chi connectivity index (χ4n) is 1.69. The van der Waals surface area contributed by atoms with Gasteiger partial charge in [0.2, 0.25) is 0 Å². The smallest absolute Gasteiger partial charge is 0.280 e. The predicted octanol–water partition coefficient (Wildman–Crippen LogP) is 3.12. The van der Waals surface area contributed by atoms with Gasteiger partial charge in [-0.3, -0.25) is 0 Å². The molecule has 0 aliphatic heterocycles. The number of aryl methyl sites for hydroxylation is 1. The molecule has 1 aromatic rings. The number of unbranched alkanes of at least 4 members (excludes halogenated alkanes) is 2. The number of aromatic nitrogens is 2. The van der Waals surface area contributed by atoms with Gasteiger partial charge in [0.25, 0.3) is 9.05 Å². The van der Waals surface area contributed by atoms with Crippen LogP contribution in [0.5, 0.6) is 0 Å². The van der Waals surface area contributed by atoms with E-state index in [1.54, 1.807) is 0 Å². The normalized spacial score (nSPS) is 12.3. The summed E-state index contributed by atoms with van der Waals surface area (Å²) in [6.45, 7) is 6.90. The highest BCUT2D eigenvalue weighted by Gasteiger charge is 2.19. The van der Waals surface area contributed by atoms with E-state index in [9.17, 15) is 8.42 Å². The molecule has 1 aromatic heterocycles. The number of hydrogen-bond acceptors (Lipinski definition) is 3. The highest BCUT2D eigenvalue weighted by atomic mass is 35.7. The molecule has 0 aromatic carbocycles. The van der Waals surface area contributed by atoms with E-state index in [1.807, 2.05) is 18.4 Å². The maximum atomic E-state index is 11.2. The van der Waals surface area contributed by atoms with Gasteiger partial charge in [-0.05, 0) is 6.42 Å². The minimum atomic E-state index is -3.73. The van der Waals surface area contributed by atoms with Crippen molar-refractivity contribution in [1.29, 1.82) is 0 Å². The Balaban J connectivity index is 2.98. The highest BCUT2D eigenvalue weighted by Crippen LogP contribution is 2.20. The lowest BCUT2D eigenvalue weighted by atomic mass is 10.2. The lowest BCUT2D eigenvalue weighted by Crippen LogP contribution is -2.04. The van der Waals surface area contributed by atoms with E-state index >= 15 is 0 Å². The zero-order valence-corrected chi connectivity index (χ0v) is 12.1. The van der Waals surface area contributed by atoms with Gasteiger partial charge in [0, 0.05) is 29.3 Å². The van der Waals surface area contributed by atoms with Crippen molar-refractivity contribution in [1.82, 2.24) is 9.55 Å². The van der Waals surface area contributed by atoms with Crippen LogP contribution >= 0.6 is 10.7 Å². The van der Waals surface area contributed by atoms with Gasteiger partial charge < -0.3 is 4.57 Å². The van der Waals surface area contributed by atoms with Crippen molar-refractivity contribution in [3.8, 4) is 0 Å². The molecule has 0 atom stereocenters. The molecule has 0 fully saturated rings. The molecule has 0 saturated carbocycles. The summed E-state index contributed by atoms with van der Waals surface area (Å²) >= 11 is 0. The van der Waals surface area contributed by atoms with Crippen LogP contribution in [0.4, 0.5) is 0 Å². The first-order valence-corrected chi connectivity index (χ1v) is 8.19. The largest absolute Gasteiger partial charge is 0.333 e. The summed E-state index contributed by atoms with van der Waals surface area (Å²) in [5.74, 6) is 0.962. The minimum Gasteiger partial charge on any atom is -0.333 e. The molecule has 0 N–H and O–H groups in total. The minimum absolute atomic E-state index is 0.0423. The van der Waals surface area contributed by atoms with Gasteiger partial charge in [-0.15, -0.1) is 0 Å². The molecule has 1 heterocycles. The van der Waals surface area contributed by atoms with Gasteiger partial charge in [-0.1, -0.05) is 33.6 Å². The van der Waals surface area contributed by atoms with Crippen LogP contribution in [-0.4, -0.2) is 18.0 Å². The van der Waals surface area contributed by atoms with Crippen LogP contribution in [-0.2, 0) is 15.6 Å². The Morgan fingerprint density at radius 2 is 2.06 bits per heavy atom. The summed E-state index contributed by atoms with van der Waals surface area (Å²) in [5.41, 5.74) is 0. The summed E-state index contributed by atoms with van der Waals surface area (Å²) in [6.07, 6.45) is 4.81. The van der Waals surface area contributed by atoms with Crippen molar-refractivity contribution in [3.63, 3.8) is 0 Å². The SMILES string of the molecule is CCCCCn1cc(S(=O)(=O)Cl)nc1C(C)C. The molecule has 0 amide bonds. The van der Waals surface area contributed by atoms with Crippen molar-refractivity contribution >= 4 is 19.7 Å². The maximum Gasteiger partial charge on any atom is 0.280 e. The lowest BCUT2D eigenvalue weighted by Gasteiger charge is -2.09. The quantitative estimate of drug-likeness (QED) is 0.593. The van der Waals surface area contributed by atoms with Crippen molar-refractivity contribution in [2.24, 2.45) is 0 Å². The van der Waals surface area contributed by atoms with Crippen LogP contribution in [0, 0.1) is 0 Å². The molecule has 0 aliphatic carbocycles. The Morgan fingerprint density at radius 3 is 2.53 bits per heavy atom. The molecule has 0 aliphatic rings. The molecular formula is C11H19ClN2O2S. The lowest BCUT2D eigenvalue weighted by molar-refractivity contribution is 0.565. The summed E-state index contributed by atoms with van der Waals surface area (Å²) in [5, 5.41) is -0.0423. The standard InChI is InChI=1S/C11H19ClN2O2S/c1-4-5-6-7-14-8-10(17(12,15)16)13-11(14)9(2)3/h8-9H,4-7H2,1-3H3. The molecule has 1 rings (SSSR count). The average molecular weight is 279 g/mol. The Kier molecular flexibility index (Phi) is 5.01. The van der Waals surface area contributed by atoms with E-state index in [2.05, 4.69) is 11.9 Å². The Labute approximate surface area is 107 Å². The van der Waals surface area contributed by atoms with Crippen molar-refractivity contribution in [2.45, 2.75) is 57.5 Å². The molecule has 0 unspecified atom stereocenters. The van der Waals surface area contributed by atoms with E-state index in [0.717, 1.165) is 31.6 Å². The van der Waals surface area contributed by atoms with E-state index in [4.69, 9.17) is 10.7 Å². The number of imidazole rings is 1. The van der Waals surface area contributed by atoms with Gasteiger partial charge in [-0.2, -0.15) is 0 Å². The average Bonchev–Trinajstić information content (AvgIpc) is 2.61. The van der Waals surface area contributed by atoms with E-state index in [0.29, 0.717) is 0 Å². The molecular weight excluding hydrogens is 260 g/mol. The third-order valence-corrected chi connectivity index (χ3v) is 3.72. The van der Waals surface area contributed by atoms with Gasteiger partial charge in [0.15, 0.2) is 5.03 Å². The molecule has 4 nitrogen and oxygen atoms in total. The van der Waals surface area contributed by atoms with Gasteiger partial charge in [0.1, 0.15) is 5.82 Å². The van der Waals surface area contributed by atoms with E-state index < -0.39 is 9.05 Å². The summed E-state index contributed by atoms with van der Waals surface area (Å²) in [4.78, 5) is 4.10. The third kappa shape index (κ3) is 4.00. The number of hydrogen-bond donors (Lipinski definition) is 0. The van der Waals surface area contributed by atoms with Crippen molar-refractivity contribution < 1.29 is 8.42 Å². The first-order chi connectivity index (χ1) is 7.86. The Hall–Kier alpha value is -0.550. The fourth-order valence-corrected chi connectivity index (χ4v) is 2.37. The second-order valence-electron chi connectivity index (χ2n) is 4.43. The molecule has 98 valence electrons. The van der Waals surface area contributed by atoms with Crippen LogP contribution in [0.1, 0.15) is 51.8 Å². The van der Waals surface area contributed by atoms with Gasteiger partial charge >= 0.3 is 0 Å². The third-order valence-electron chi connectivity index (χ3n) is 2.55. The Bertz CT molecular complexity index is 466. The zero-order chi connectivity index (χ0) is 13.1. The molecule has 0 spiro atoms. The zero-order valence-electron chi connectivity index (χ0n) is 10.5. The number of nitrogens with zero attached hydrogens (tertiary/aromatic N) is 2. The topological polar surface area (TPSA) is 52.0 Å². The van der Waals surface area contributed by atoms with Crippen LogP contribution in [0.15, 0.2) is 11.2 Å². The molecule has 6 heteroatoms. The summed E-state index contributed by atoms with van der Waals surface area (Å²) in [7, 11) is 1.58. The monoisotopic (exact) mass is 278 g/mol. The Morgan fingerprint density at radius 1 is 1.41 bits per heavy atom. The summed E-state index contributed by atoms with van der Waals surface area (Å²) in [6, 6.07) is 0.